The summed E-state index contributed by atoms with van der Waals surface area (Å²) in [7, 11) is 0. The molecule has 58 valence electrons. The molecule has 0 bridgehead atoms. The maximum absolute atomic E-state index is 5.88. The summed E-state index contributed by atoms with van der Waals surface area (Å²) in [4.78, 5) is 0. The van der Waals surface area contributed by atoms with E-state index in [4.69, 9.17) is 11.6 Å². The van der Waals surface area contributed by atoms with Gasteiger partial charge >= 0.3 is 0 Å². The van der Waals surface area contributed by atoms with E-state index in [-0.39, 0.29) is 0 Å². The first kappa shape index (κ1) is 7.17. The van der Waals surface area contributed by atoms with Gasteiger partial charge in [0.1, 0.15) is 0 Å². The van der Waals surface area contributed by atoms with E-state index >= 15 is 0 Å². The highest BCUT2D eigenvalue weighted by Gasteiger charge is 2.38. The second-order valence-electron chi connectivity index (χ2n) is 3.57. The lowest BCUT2D eigenvalue weighted by Gasteiger charge is -2.07. The average molecular weight is 167 g/mol. The minimum Gasteiger partial charge on any atom is -0.0843 e. The Labute approximate surface area is 72.2 Å². The molecule has 1 aromatic rings. The molecule has 0 unspecified atom stereocenters. The van der Waals surface area contributed by atoms with Crippen LogP contribution >= 0.6 is 11.6 Å². The summed E-state index contributed by atoms with van der Waals surface area (Å²) in [6.07, 6.45) is 2.63. The fraction of sp³-hybridized carbons (Fsp3) is 0.400. The van der Waals surface area contributed by atoms with Crippen LogP contribution in [0.2, 0.25) is 5.02 Å². The number of hydrogen-bond donors (Lipinski definition) is 0. The van der Waals surface area contributed by atoms with Gasteiger partial charge in [0.15, 0.2) is 0 Å². The summed E-state index contributed by atoms with van der Waals surface area (Å²) in [6.45, 7) is 2.29. The molecule has 0 radical (unpaired) electrons. The Bertz CT molecular complexity index is 274. The molecule has 0 amide bonds. The van der Waals surface area contributed by atoms with Gasteiger partial charge in [0.25, 0.3) is 0 Å². The van der Waals surface area contributed by atoms with Crippen LogP contribution in [0.5, 0.6) is 0 Å². The maximum atomic E-state index is 5.88. The highest BCUT2D eigenvalue weighted by Crippen LogP contribution is 2.47. The van der Waals surface area contributed by atoms with Crippen LogP contribution in [-0.2, 0) is 5.41 Å². The highest BCUT2D eigenvalue weighted by atomic mass is 35.5. The van der Waals surface area contributed by atoms with Gasteiger partial charge < -0.3 is 0 Å². The molecule has 1 fully saturated rings. The molecule has 1 heteroatoms. The maximum Gasteiger partial charge on any atom is 0.0408 e. The Kier molecular flexibility index (Phi) is 1.47. The van der Waals surface area contributed by atoms with Crippen molar-refractivity contribution >= 4 is 11.6 Å². The number of hydrogen-bond acceptors (Lipinski definition) is 0. The van der Waals surface area contributed by atoms with E-state index in [9.17, 15) is 0 Å². The standard InChI is InChI=1S/C10H11Cl/c1-10(5-6-10)8-3-2-4-9(11)7-8/h2-4,7H,5-6H2,1H3. The molecule has 0 heterocycles. The van der Waals surface area contributed by atoms with E-state index in [1.165, 1.54) is 18.4 Å². The predicted octanol–water partition coefficient (Wildman–Crippen LogP) is 3.39. The first-order valence-corrected chi connectivity index (χ1v) is 4.35. The third-order valence-corrected chi connectivity index (χ3v) is 2.76. The van der Waals surface area contributed by atoms with Crippen LogP contribution < -0.4 is 0 Å². The fourth-order valence-corrected chi connectivity index (χ4v) is 1.53. The second-order valence-corrected chi connectivity index (χ2v) is 4.01. The second kappa shape index (κ2) is 2.25. The number of benzene rings is 1. The first-order chi connectivity index (χ1) is 5.21. The van der Waals surface area contributed by atoms with E-state index < -0.39 is 0 Å². The molecule has 1 aliphatic rings. The predicted molar refractivity (Wildman–Crippen MR) is 48.0 cm³/mol. The zero-order valence-corrected chi connectivity index (χ0v) is 7.36. The lowest BCUT2D eigenvalue weighted by molar-refractivity contribution is 0.788. The molecule has 0 atom stereocenters. The Morgan fingerprint density at radius 2 is 2.09 bits per heavy atom. The third kappa shape index (κ3) is 1.28. The molecule has 1 aromatic carbocycles. The Hall–Kier alpha value is -0.490. The van der Waals surface area contributed by atoms with Crippen LogP contribution in [0.25, 0.3) is 0 Å². The van der Waals surface area contributed by atoms with Gasteiger partial charge in [-0.2, -0.15) is 0 Å². The number of halogens is 1. The van der Waals surface area contributed by atoms with Crippen molar-refractivity contribution in [3.8, 4) is 0 Å². The van der Waals surface area contributed by atoms with Crippen LogP contribution in [0, 0.1) is 0 Å². The van der Waals surface area contributed by atoms with Crippen molar-refractivity contribution in [3.05, 3.63) is 34.9 Å². The molecule has 0 saturated heterocycles. The number of rotatable bonds is 1. The Morgan fingerprint density at radius 3 is 2.64 bits per heavy atom. The largest absolute Gasteiger partial charge is 0.0843 e. The molecular weight excluding hydrogens is 156 g/mol. The Balaban J connectivity index is 2.38. The smallest absolute Gasteiger partial charge is 0.0408 e. The summed E-state index contributed by atoms with van der Waals surface area (Å²) in [5.41, 5.74) is 1.84. The zero-order chi connectivity index (χ0) is 7.90. The highest BCUT2D eigenvalue weighted by molar-refractivity contribution is 6.30. The first-order valence-electron chi connectivity index (χ1n) is 3.97. The molecule has 0 spiro atoms. The molecule has 0 nitrogen and oxygen atoms in total. The van der Waals surface area contributed by atoms with E-state index in [0.717, 1.165) is 5.02 Å². The Morgan fingerprint density at radius 1 is 1.36 bits per heavy atom. The summed E-state index contributed by atoms with van der Waals surface area (Å²) in [6, 6.07) is 8.20. The van der Waals surface area contributed by atoms with Gasteiger partial charge in [0.05, 0.1) is 0 Å². The monoisotopic (exact) mass is 166 g/mol. The van der Waals surface area contributed by atoms with Crippen molar-refractivity contribution in [1.29, 1.82) is 0 Å². The third-order valence-electron chi connectivity index (χ3n) is 2.52. The minimum absolute atomic E-state index is 0.449. The molecule has 2 rings (SSSR count). The van der Waals surface area contributed by atoms with Crippen molar-refractivity contribution in [3.63, 3.8) is 0 Å². The summed E-state index contributed by atoms with van der Waals surface area (Å²) in [5.74, 6) is 0. The van der Waals surface area contributed by atoms with Gasteiger partial charge in [-0.05, 0) is 36.0 Å². The van der Waals surface area contributed by atoms with Crippen molar-refractivity contribution in [1.82, 2.24) is 0 Å². The van der Waals surface area contributed by atoms with Crippen molar-refractivity contribution in [2.75, 3.05) is 0 Å². The molecule has 1 saturated carbocycles. The molecule has 0 aromatic heterocycles. The summed E-state index contributed by atoms with van der Waals surface area (Å²) >= 11 is 5.88. The minimum atomic E-state index is 0.449. The van der Waals surface area contributed by atoms with E-state index in [1.807, 2.05) is 12.1 Å². The lowest BCUT2D eigenvalue weighted by atomic mass is 9.99. The van der Waals surface area contributed by atoms with Crippen molar-refractivity contribution in [2.45, 2.75) is 25.2 Å². The van der Waals surface area contributed by atoms with Gasteiger partial charge in [-0.1, -0.05) is 30.7 Å². The van der Waals surface area contributed by atoms with Crippen LogP contribution in [0.4, 0.5) is 0 Å². The fourth-order valence-electron chi connectivity index (χ4n) is 1.34. The van der Waals surface area contributed by atoms with Crippen LogP contribution in [-0.4, -0.2) is 0 Å². The van der Waals surface area contributed by atoms with E-state index in [0.29, 0.717) is 5.41 Å². The quantitative estimate of drug-likeness (QED) is 0.600. The van der Waals surface area contributed by atoms with Gasteiger partial charge in [-0.3, -0.25) is 0 Å². The van der Waals surface area contributed by atoms with Gasteiger partial charge in [-0.15, -0.1) is 0 Å². The van der Waals surface area contributed by atoms with Crippen molar-refractivity contribution in [2.24, 2.45) is 0 Å². The van der Waals surface area contributed by atoms with Crippen molar-refractivity contribution < 1.29 is 0 Å². The van der Waals surface area contributed by atoms with E-state index in [1.54, 1.807) is 0 Å². The molecule has 1 aliphatic carbocycles. The average Bonchev–Trinajstić information content (AvgIpc) is 2.70. The zero-order valence-electron chi connectivity index (χ0n) is 6.60. The van der Waals surface area contributed by atoms with Crippen LogP contribution in [0.1, 0.15) is 25.3 Å². The van der Waals surface area contributed by atoms with Gasteiger partial charge in [0, 0.05) is 5.02 Å². The molecular formula is C10H11Cl. The molecule has 0 aliphatic heterocycles. The summed E-state index contributed by atoms with van der Waals surface area (Å²) < 4.78 is 0. The topological polar surface area (TPSA) is 0 Å². The SMILES string of the molecule is CC1(c2cccc(Cl)c2)CC1. The van der Waals surface area contributed by atoms with Gasteiger partial charge in [0.2, 0.25) is 0 Å². The normalized spacial score (nSPS) is 19.8. The van der Waals surface area contributed by atoms with Crippen LogP contribution in [0.3, 0.4) is 0 Å². The summed E-state index contributed by atoms with van der Waals surface area (Å²) in [5, 5.41) is 0.857. The molecule has 11 heavy (non-hydrogen) atoms. The van der Waals surface area contributed by atoms with E-state index in [2.05, 4.69) is 19.1 Å². The molecule has 0 N–H and O–H groups in total. The van der Waals surface area contributed by atoms with Crippen LogP contribution in [0.15, 0.2) is 24.3 Å². The lowest BCUT2D eigenvalue weighted by Crippen LogP contribution is -1.98. The van der Waals surface area contributed by atoms with Gasteiger partial charge in [-0.25, -0.2) is 0 Å².